The highest BCUT2D eigenvalue weighted by Crippen LogP contribution is 2.39. The Morgan fingerprint density at radius 2 is 1.77 bits per heavy atom. The van der Waals surface area contributed by atoms with E-state index in [9.17, 15) is 28.9 Å². The van der Waals surface area contributed by atoms with Crippen LogP contribution in [0.15, 0.2) is 60.7 Å². The first kappa shape index (κ1) is 22.6. The maximum absolute atomic E-state index is 13.7. The average Bonchev–Trinajstić information content (AvgIpc) is 3.42. The van der Waals surface area contributed by atoms with Gasteiger partial charge in [-0.25, -0.2) is 4.39 Å². The number of benzene rings is 3. The van der Waals surface area contributed by atoms with Crippen LogP contribution in [0.1, 0.15) is 16.8 Å². The van der Waals surface area contributed by atoms with Crippen molar-refractivity contribution in [2.75, 3.05) is 18.5 Å². The van der Waals surface area contributed by atoms with Crippen LogP contribution in [0.3, 0.4) is 0 Å². The summed E-state index contributed by atoms with van der Waals surface area (Å²) in [6, 6.07) is 13.1. The number of hydrogen-bond donors (Lipinski definition) is 0. The van der Waals surface area contributed by atoms with Gasteiger partial charge in [0.05, 0.1) is 22.0 Å². The molecule has 3 atom stereocenters. The van der Waals surface area contributed by atoms with E-state index in [2.05, 4.69) is 0 Å². The summed E-state index contributed by atoms with van der Waals surface area (Å²) in [5.41, 5.74) is 0.427. The van der Waals surface area contributed by atoms with Crippen LogP contribution >= 0.6 is 0 Å². The summed E-state index contributed by atoms with van der Waals surface area (Å²) in [6.07, 6.45) is 0.968. The Kier molecular flexibility index (Phi) is 5.52. The zero-order valence-corrected chi connectivity index (χ0v) is 18.7. The molecular weight excluding hydrogens is 455 g/mol. The Labute approximate surface area is 199 Å². The molecule has 3 unspecified atom stereocenters. The van der Waals surface area contributed by atoms with Gasteiger partial charge >= 0.3 is 0 Å². The molecule has 0 N–H and O–H groups in total. The van der Waals surface area contributed by atoms with Crippen molar-refractivity contribution in [2.45, 2.75) is 24.5 Å². The molecule has 5 rings (SSSR count). The highest BCUT2D eigenvalue weighted by molar-refractivity contribution is 6.16. The number of imide groups is 1. The van der Waals surface area contributed by atoms with Crippen molar-refractivity contribution in [2.24, 2.45) is 0 Å². The largest absolute Gasteiger partial charge is 0.332 e. The van der Waals surface area contributed by atoms with E-state index in [-0.39, 0.29) is 23.3 Å². The van der Waals surface area contributed by atoms with Crippen molar-refractivity contribution >= 4 is 40.4 Å². The lowest BCUT2D eigenvalue weighted by Crippen LogP contribution is -2.59. The van der Waals surface area contributed by atoms with E-state index in [4.69, 9.17) is 0 Å². The number of non-ortho nitro benzene ring substituents is 1. The fourth-order valence-corrected chi connectivity index (χ4v) is 5.27. The minimum Gasteiger partial charge on any atom is -0.332 e. The number of anilines is 1. The van der Waals surface area contributed by atoms with E-state index in [1.165, 1.54) is 36.4 Å². The van der Waals surface area contributed by atoms with Gasteiger partial charge in [0.1, 0.15) is 11.9 Å². The number of fused-ring (bicyclic) bond motifs is 3. The molecule has 9 nitrogen and oxygen atoms in total. The van der Waals surface area contributed by atoms with Gasteiger partial charge in [0, 0.05) is 29.6 Å². The molecule has 0 saturated carbocycles. The molecule has 2 bridgehead atoms. The van der Waals surface area contributed by atoms with Crippen molar-refractivity contribution < 1.29 is 23.7 Å². The summed E-state index contributed by atoms with van der Waals surface area (Å²) in [5.74, 6) is -1.28. The Balaban J connectivity index is 1.49. The minimum atomic E-state index is -0.780. The highest BCUT2D eigenvalue weighted by atomic mass is 19.1. The first-order valence-electron chi connectivity index (χ1n) is 11.0. The molecule has 2 heterocycles. The van der Waals surface area contributed by atoms with E-state index in [0.29, 0.717) is 35.7 Å². The Bertz CT molecular complexity index is 1360. The van der Waals surface area contributed by atoms with Crippen LogP contribution < -0.4 is 4.90 Å². The predicted molar refractivity (Wildman–Crippen MR) is 125 cm³/mol. The summed E-state index contributed by atoms with van der Waals surface area (Å²) in [4.78, 5) is 54.4. The van der Waals surface area contributed by atoms with Crippen molar-refractivity contribution in [3.63, 3.8) is 0 Å². The number of amides is 3. The first-order chi connectivity index (χ1) is 16.8. The third-order valence-corrected chi connectivity index (χ3v) is 6.98. The van der Waals surface area contributed by atoms with Gasteiger partial charge < -0.3 is 4.90 Å². The molecule has 10 heteroatoms. The summed E-state index contributed by atoms with van der Waals surface area (Å²) in [7, 11) is 1.78. The Morgan fingerprint density at radius 1 is 1.09 bits per heavy atom. The fraction of sp³-hybridized carbons (Fsp3) is 0.240. The van der Waals surface area contributed by atoms with E-state index >= 15 is 0 Å². The lowest BCUT2D eigenvalue weighted by Gasteiger charge is -2.39. The third-order valence-electron chi connectivity index (χ3n) is 6.98. The number of rotatable bonds is 5. The van der Waals surface area contributed by atoms with Crippen LogP contribution in [-0.4, -0.2) is 64.7 Å². The smallest absolute Gasteiger partial charge is 0.277 e. The molecule has 178 valence electrons. The number of halogens is 1. The molecule has 3 amide bonds. The zero-order chi connectivity index (χ0) is 24.9. The van der Waals surface area contributed by atoms with Crippen LogP contribution in [-0.2, 0) is 9.59 Å². The van der Waals surface area contributed by atoms with Gasteiger partial charge in [-0.1, -0.05) is 18.2 Å². The molecule has 2 saturated heterocycles. The topological polar surface area (TPSA) is 104 Å². The molecule has 0 aliphatic carbocycles. The van der Waals surface area contributed by atoms with Crippen molar-refractivity contribution in [3.8, 4) is 0 Å². The molecule has 2 fully saturated rings. The monoisotopic (exact) mass is 476 g/mol. The summed E-state index contributed by atoms with van der Waals surface area (Å²) >= 11 is 0. The molecular formula is C25H21FN4O5. The highest BCUT2D eigenvalue weighted by Gasteiger charge is 2.54. The Morgan fingerprint density at radius 3 is 2.40 bits per heavy atom. The molecule has 0 aromatic heterocycles. The van der Waals surface area contributed by atoms with Gasteiger partial charge in [0.25, 0.3) is 17.5 Å². The lowest BCUT2D eigenvalue weighted by molar-refractivity contribution is -0.383. The molecule has 2 aliphatic rings. The fourth-order valence-electron chi connectivity index (χ4n) is 5.27. The number of hydrogen-bond acceptors (Lipinski definition) is 6. The number of nitro benzene ring substituents is 1. The van der Waals surface area contributed by atoms with Crippen molar-refractivity contribution in [1.82, 2.24) is 9.80 Å². The SMILES string of the molecule is CN1C2CC(C1C(=O)N(C=O)c1ccc([N+](=O)[O-])c3ccccc13)N(C(=O)c1ccc(F)cc1)C2. The molecule has 3 aromatic carbocycles. The van der Waals surface area contributed by atoms with Gasteiger partial charge in [-0.05, 0) is 49.9 Å². The number of nitro groups is 1. The minimum absolute atomic E-state index is 0.0690. The number of carbonyl (C=O) groups excluding carboxylic acids is 3. The van der Waals surface area contributed by atoms with Crippen LogP contribution in [0.2, 0.25) is 0 Å². The first-order valence-corrected chi connectivity index (χ1v) is 11.0. The number of likely N-dealkylation sites (tertiary alicyclic amines) is 2. The van der Waals surface area contributed by atoms with Gasteiger partial charge in [-0.3, -0.25) is 34.3 Å². The second kappa shape index (κ2) is 8.55. The normalized spacial score (nSPS) is 21.3. The van der Waals surface area contributed by atoms with Gasteiger partial charge in [-0.15, -0.1) is 0 Å². The van der Waals surface area contributed by atoms with Crippen LogP contribution in [0, 0.1) is 15.9 Å². The number of nitrogens with zero attached hydrogens (tertiary/aromatic N) is 4. The van der Waals surface area contributed by atoms with E-state index in [1.54, 1.807) is 36.2 Å². The van der Waals surface area contributed by atoms with E-state index in [0.717, 1.165) is 4.90 Å². The summed E-state index contributed by atoms with van der Waals surface area (Å²) < 4.78 is 13.3. The second-order valence-corrected chi connectivity index (χ2v) is 8.75. The van der Waals surface area contributed by atoms with Gasteiger partial charge in [0.2, 0.25) is 6.41 Å². The maximum atomic E-state index is 13.7. The third kappa shape index (κ3) is 3.62. The number of piperazine rings is 1. The quantitative estimate of drug-likeness (QED) is 0.319. The predicted octanol–water partition coefficient (Wildman–Crippen LogP) is 2.97. The van der Waals surface area contributed by atoms with Crippen LogP contribution in [0.4, 0.5) is 15.8 Å². The number of likely N-dealkylation sites (N-methyl/N-ethyl adjacent to an activating group) is 1. The van der Waals surface area contributed by atoms with Crippen LogP contribution in [0.25, 0.3) is 10.8 Å². The molecule has 0 radical (unpaired) electrons. The summed E-state index contributed by atoms with van der Waals surface area (Å²) in [5, 5.41) is 12.2. The molecule has 3 aromatic rings. The van der Waals surface area contributed by atoms with Gasteiger partial charge in [-0.2, -0.15) is 0 Å². The molecule has 2 aliphatic heterocycles. The zero-order valence-electron chi connectivity index (χ0n) is 18.7. The van der Waals surface area contributed by atoms with Crippen molar-refractivity contribution in [3.05, 3.63) is 82.2 Å². The van der Waals surface area contributed by atoms with Crippen LogP contribution in [0.5, 0.6) is 0 Å². The number of carbonyl (C=O) groups is 3. The Hall–Kier alpha value is -4.18. The second-order valence-electron chi connectivity index (χ2n) is 8.75. The molecule has 35 heavy (non-hydrogen) atoms. The van der Waals surface area contributed by atoms with Gasteiger partial charge in [0.15, 0.2) is 0 Å². The maximum Gasteiger partial charge on any atom is 0.277 e. The van der Waals surface area contributed by atoms with Crippen molar-refractivity contribution in [1.29, 1.82) is 0 Å². The van der Waals surface area contributed by atoms with E-state index < -0.39 is 28.7 Å². The summed E-state index contributed by atoms with van der Waals surface area (Å²) in [6.45, 7) is 0.419. The standard InChI is InChI=1S/C25H21FN4O5/c1-27-17-12-22(28(13-17)24(32)15-6-8-16(26)9-7-15)23(27)25(33)29(14-31)20-10-11-21(30(34)35)19-5-3-2-4-18(19)20/h2-11,14,17,22-23H,12-13H2,1H3. The lowest BCUT2D eigenvalue weighted by atomic mass is 10.0. The van der Waals surface area contributed by atoms with E-state index in [1.807, 2.05) is 4.90 Å². The average molecular weight is 476 g/mol. The molecule has 0 spiro atoms.